The number of nitrogens with one attached hydrogen (secondary N) is 1. The van der Waals surface area contributed by atoms with Crippen molar-refractivity contribution < 1.29 is 13.2 Å². The summed E-state index contributed by atoms with van der Waals surface area (Å²) < 4.78 is 27.5. The van der Waals surface area contributed by atoms with Crippen molar-refractivity contribution >= 4 is 33.2 Å². The number of sulfone groups is 1. The highest BCUT2D eigenvalue weighted by atomic mass is 35.5. The van der Waals surface area contributed by atoms with Crippen molar-refractivity contribution in [2.75, 3.05) is 25.4 Å². The van der Waals surface area contributed by atoms with Crippen LogP contribution < -0.4 is 11.5 Å². The van der Waals surface area contributed by atoms with Crippen LogP contribution in [0.3, 0.4) is 0 Å². The zero-order chi connectivity index (χ0) is 28.0. The number of benzene rings is 3. The van der Waals surface area contributed by atoms with E-state index in [0.29, 0.717) is 41.7 Å². The highest BCUT2D eigenvalue weighted by Crippen LogP contribution is 2.30. The van der Waals surface area contributed by atoms with Crippen LogP contribution in [0.2, 0.25) is 5.02 Å². The van der Waals surface area contributed by atoms with Crippen molar-refractivity contribution in [2.24, 2.45) is 23.3 Å². The first-order chi connectivity index (χ1) is 18.7. The number of hydrogen-bond acceptors (Lipinski definition) is 5. The van der Waals surface area contributed by atoms with Crippen molar-refractivity contribution in [3.63, 3.8) is 0 Å². The summed E-state index contributed by atoms with van der Waals surface area (Å²) in [7, 11) is -3.83. The van der Waals surface area contributed by atoms with Gasteiger partial charge in [-0.15, -0.1) is 0 Å². The third-order valence-electron chi connectivity index (χ3n) is 7.37. The van der Waals surface area contributed by atoms with E-state index in [9.17, 15) is 13.2 Å². The van der Waals surface area contributed by atoms with Gasteiger partial charge < -0.3 is 16.4 Å². The standard InChI is InChI=1S/C30H35ClN4O3S/c31-28-10-2-1-9-27(28)23-6-4-8-26(19-23)39(37,38)20-25(18-22-5-3-7-24(17-22)29(33)34)30(36)35-15-12-21(11-14-32)13-16-35/h1-10,17,19,21,25H,11-16,18,20,32H2,(H3,33,34). The van der Waals surface area contributed by atoms with Crippen LogP contribution in [0.1, 0.15) is 30.4 Å². The summed E-state index contributed by atoms with van der Waals surface area (Å²) >= 11 is 6.36. The highest BCUT2D eigenvalue weighted by molar-refractivity contribution is 7.91. The quantitative estimate of drug-likeness (QED) is 0.245. The molecule has 206 valence electrons. The highest BCUT2D eigenvalue weighted by Gasteiger charge is 2.32. The van der Waals surface area contributed by atoms with E-state index in [1.807, 2.05) is 30.3 Å². The van der Waals surface area contributed by atoms with Gasteiger partial charge in [0.25, 0.3) is 0 Å². The minimum atomic E-state index is -3.83. The van der Waals surface area contributed by atoms with Gasteiger partial charge in [-0.25, -0.2) is 8.42 Å². The molecule has 7 nitrogen and oxygen atoms in total. The van der Waals surface area contributed by atoms with E-state index in [0.717, 1.165) is 30.4 Å². The van der Waals surface area contributed by atoms with Crippen LogP contribution in [0.25, 0.3) is 11.1 Å². The number of nitrogens with two attached hydrogens (primary N) is 2. The molecule has 1 unspecified atom stereocenters. The van der Waals surface area contributed by atoms with E-state index in [-0.39, 0.29) is 28.8 Å². The molecule has 1 amide bonds. The normalized spacial score (nSPS) is 15.2. The second-order valence-electron chi connectivity index (χ2n) is 10.2. The molecule has 1 saturated heterocycles. The fourth-order valence-corrected chi connectivity index (χ4v) is 7.04. The van der Waals surface area contributed by atoms with Crippen molar-refractivity contribution in [1.29, 1.82) is 5.41 Å². The maximum atomic E-state index is 13.8. The van der Waals surface area contributed by atoms with Gasteiger partial charge in [0.15, 0.2) is 9.84 Å². The molecule has 0 aromatic heterocycles. The number of carbonyl (C=O) groups is 1. The number of likely N-dealkylation sites (tertiary alicyclic amines) is 1. The average molecular weight is 567 g/mol. The summed E-state index contributed by atoms with van der Waals surface area (Å²) in [5, 5.41) is 8.29. The van der Waals surface area contributed by atoms with Crippen molar-refractivity contribution in [3.05, 3.63) is 88.9 Å². The largest absolute Gasteiger partial charge is 0.384 e. The second kappa shape index (κ2) is 12.8. The van der Waals surface area contributed by atoms with Crippen LogP contribution in [0, 0.1) is 17.2 Å². The summed E-state index contributed by atoms with van der Waals surface area (Å²) in [5.74, 6) is -0.871. The first kappa shape index (κ1) is 28.8. The molecule has 39 heavy (non-hydrogen) atoms. The van der Waals surface area contributed by atoms with E-state index in [1.165, 1.54) is 0 Å². The number of piperidine rings is 1. The Balaban J connectivity index is 1.62. The lowest BCUT2D eigenvalue weighted by Gasteiger charge is -2.34. The maximum Gasteiger partial charge on any atom is 0.227 e. The van der Waals surface area contributed by atoms with E-state index in [4.69, 9.17) is 28.5 Å². The summed E-state index contributed by atoms with van der Waals surface area (Å²) in [6.45, 7) is 1.81. The minimum absolute atomic E-state index is 0.0780. The van der Waals surface area contributed by atoms with Crippen molar-refractivity contribution in [3.8, 4) is 11.1 Å². The van der Waals surface area contributed by atoms with Gasteiger partial charge in [0.05, 0.1) is 16.6 Å². The number of amides is 1. The lowest BCUT2D eigenvalue weighted by atomic mass is 9.92. The van der Waals surface area contributed by atoms with Gasteiger partial charge in [-0.05, 0) is 73.5 Å². The van der Waals surface area contributed by atoms with Crippen LogP contribution in [-0.4, -0.2) is 50.4 Å². The summed E-state index contributed by atoms with van der Waals surface area (Å²) in [4.78, 5) is 15.7. The van der Waals surface area contributed by atoms with Gasteiger partial charge in [-0.2, -0.15) is 0 Å². The summed E-state index contributed by atoms with van der Waals surface area (Å²) in [5.41, 5.74) is 14.1. The molecule has 9 heteroatoms. The Bertz CT molecular complexity index is 1440. The van der Waals surface area contributed by atoms with E-state index in [2.05, 4.69) is 0 Å². The molecule has 0 aliphatic carbocycles. The molecule has 0 saturated carbocycles. The Kier molecular flexibility index (Phi) is 9.43. The molecular weight excluding hydrogens is 532 g/mol. The van der Waals surface area contributed by atoms with Crippen LogP contribution >= 0.6 is 11.6 Å². The average Bonchev–Trinajstić information content (AvgIpc) is 2.93. The number of nitrogens with zero attached hydrogens (tertiary/aromatic N) is 1. The predicted octanol–water partition coefficient (Wildman–Crippen LogP) is 4.51. The van der Waals surface area contributed by atoms with Gasteiger partial charge in [-0.1, -0.05) is 60.1 Å². The Hall–Kier alpha value is -3.20. The molecule has 1 fully saturated rings. The number of carbonyl (C=O) groups excluding carboxylic acids is 1. The molecule has 1 aliphatic rings. The van der Waals surface area contributed by atoms with Gasteiger partial charge in [0.2, 0.25) is 5.91 Å². The molecule has 3 aromatic rings. The number of halogens is 1. The van der Waals surface area contributed by atoms with Crippen LogP contribution in [0.5, 0.6) is 0 Å². The number of rotatable bonds is 10. The van der Waals surface area contributed by atoms with Crippen molar-refractivity contribution in [1.82, 2.24) is 4.90 Å². The fourth-order valence-electron chi connectivity index (χ4n) is 5.22. The van der Waals surface area contributed by atoms with Crippen molar-refractivity contribution in [2.45, 2.75) is 30.6 Å². The second-order valence-corrected chi connectivity index (χ2v) is 12.6. The first-order valence-corrected chi connectivity index (χ1v) is 15.2. The smallest absolute Gasteiger partial charge is 0.227 e. The van der Waals surface area contributed by atoms with E-state index in [1.54, 1.807) is 47.4 Å². The Morgan fingerprint density at radius 1 is 1.03 bits per heavy atom. The van der Waals surface area contributed by atoms with E-state index < -0.39 is 15.8 Å². The van der Waals surface area contributed by atoms with Gasteiger partial charge in [0.1, 0.15) is 5.84 Å². The van der Waals surface area contributed by atoms with Crippen LogP contribution in [-0.2, 0) is 21.1 Å². The molecule has 1 aliphatic heterocycles. The molecule has 0 spiro atoms. The van der Waals surface area contributed by atoms with Crippen LogP contribution in [0.4, 0.5) is 0 Å². The Labute approximate surface area is 235 Å². The van der Waals surface area contributed by atoms with Gasteiger partial charge in [-0.3, -0.25) is 10.2 Å². The van der Waals surface area contributed by atoms with E-state index >= 15 is 0 Å². The Morgan fingerprint density at radius 2 is 1.74 bits per heavy atom. The first-order valence-electron chi connectivity index (χ1n) is 13.2. The zero-order valence-electron chi connectivity index (χ0n) is 21.9. The lowest BCUT2D eigenvalue weighted by Crippen LogP contribution is -2.44. The summed E-state index contributed by atoms with van der Waals surface area (Å²) in [6.07, 6.45) is 2.88. The molecule has 0 radical (unpaired) electrons. The predicted molar refractivity (Wildman–Crippen MR) is 157 cm³/mol. The lowest BCUT2D eigenvalue weighted by molar-refractivity contribution is -0.136. The molecule has 4 rings (SSSR count). The fraction of sp³-hybridized carbons (Fsp3) is 0.333. The number of amidine groups is 1. The molecule has 5 N–H and O–H groups in total. The topological polar surface area (TPSA) is 130 Å². The third kappa shape index (κ3) is 7.26. The molecule has 1 heterocycles. The molecular formula is C30H35ClN4O3S. The monoisotopic (exact) mass is 566 g/mol. The minimum Gasteiger partial charge on any atom is -0.384 e. The number of hydrogen-bond donors (Lipinski definition) is 3. The van der Waals surface area contributed by atoms with Gasteiger partial charge >= 0.3 is 0 Å². The maximum absolute atomic E-state index is 13.8. The van der Waals surface area contributed by atoms with Crippen LogP contribution in [0.15, 0.2) is 77.7 Å². The SMILES string of the molecule is N=C(N)c1cccc(CC(CS(=O)(=O)c2cccc(-c3ccccc3Cl)c2)C(=O)N2CCC(CCN)CC2)c1. The Morgan fingerprint density at radius 3 is 2.44 bits per heavy atom. The molecule has 3 aromatic carbocycles. The number of nitrogen functional groups attached to an aromatic ring is 1. The summed E-state index contributed by atoms with van der Waals surface area (Å²) in [6, 6.07) is 21.1. The molecule has 0 bridgehead atoms. The van der Waals surface area contributed by atoms with Gasteiger partial charge in [0, 0.05) is 29.2 Å². The zero-order valence-corrected chi connectivity index (χ0v) is 23.4. The molecule has 1 atom stereocenters. The third-order valence-corrected chi connectivity index (χ3v) is 9.51.